The Labute approximate surface area is 198 Å². The van der Waals surface area contributed by atoms with Gasteiger partial charge in [0.1, 0.15) is 6.61 Å². The van der Waals surface area contributed by atoms with E-state index in [0.717, 1.165) is 33.0 Å². The number of carbonyl (C=O) groups is 2. The lowest BCUT2D eigenvalue weighted by atomic mass is 9.98. The maximum Gasteiger partial charge on any atom is 0.414 e. The minimum atomic E-state index is -0.968. The summed E-state index contributed by atoms with van der Waals surface area (Å²) in [5.41, 5.74) is 5.22. The van der Waals surface area contributed by atoms with Crippen LogP contribution in [0.1, 0.15) is 30.4 Å². The van der Waals surface area contributed by atoms with E-state index >= 15 is 0 Å². The van der Waals surface area contributed by atoms with E-state index in [9.17, 15) is 14.7 Å². The van der Waals surface area contributed by atoms with E-state index in [1.54, 1.807) is 6.92 Å². The molecule has 0 aromatic heterocycles. The highest BCUT2D eigenvalue weighted by atomic mass is 16.6. The Morgan fingerprint density at radius 1 is 0.853 bits per heavy atom. The molecule has 4 aromatic rings. The van der Waals surface area contributed by atoms with Gasteiger partial charge in [-0.15, -0.1) is 0 Å². The highest BCUT2D eigenvalue weighted by molar-refractivity contribution is 6.02. The highest BCUT2D eigenvalue weighted by Gasteiger charge is 2.31. The maximum absolute atomic E-state index is 13.5. The second-order valence-electron chi connectivity index (χ2n) is 8.62. The predicted octanol–water partition coefficient (Wildman–Crippen LogP) is 6.46. The molecule has 0 unspecified atom stereocenters. The van der Waals surface area contributed by atoms with Crippen LogP contribution in [0.4, 0.5) is 10.5 Å². The van der Waals surface area contributed by atoms with E-state index < -0.39 is 18.1 Å². The summed E-state index contributed by atoms with van der Waals surface area (Å²) >= 11 is 0. The summed E-state index contributed by atoms with van der Waals surface area (Å²) < 4.78 is 5.90. The van der Waals surface area contributed by atoms with Gasteiger partial charge in [-0.2, -0.15) is 0 Å². The number of fused-ring (bicyclic) bond motifs is 4. The molecule has 1 aliphatic rings. The third-order valence-corrected chi connectivity index (χ3v) is 6.47. The number of hydrogen-bond acceptors (Lipinski definition) is 3. The Morgan fingerprint density at radius 3 is 2.12 bits per heavy atom. The number of carbonyl (C=O) groups excluding carboxylic acids is 1. The normalized spacial score (nSPS) is 13.2. The highest BCUT2D eigenvalue weighted by Crippen LogP contribution is 2.44. The Morgan fingerprint density at radius 2 is 1.44 bits per heavy atom. The number of ether oxygens (including phenoxy) is 1. The molecule has 0 saturated carbocycles. The summed E-state index contributed by atoms with van der Waals surface area (Å²) in [7, 11) is 0. The molecule has 5 nitrogen and oxygen atoms in total. The number of anilines is 1. The second-order valence-corrected chi connectivity index (χ2v) is 8.62. The third kappa shape index (κ3) is 3.90. The van der Waals surface area contributed by atoms with Crippen LogP contribution < -0.4 is 4.90 Å². The van der Waals surface area contributed by atoms with Crippen LogP contribution >= 0.6 is 0 Å². The average Bonchev–Trinajstić information content (AvgIpc) is 3.16. The van der Waals surface area contributed by atoms with Crippen molar-refractivity contribution in [1.82, 2.24) is 0 Å². The molecule has 0 radical (unpaired) electrons. The molecule has 5 heteroatoms. The first-order valence-electron chi connectivity index (χ1n) is 11.4. The Bertz CT molecular complexity index is 1330. The van der Waals surface area contributed by atoms with Crippen molar-refractivity contribution in [2.45, 2.75) is 25.3 Å². The fourth-order valence-electron chi connectivity index (χ4n) is 4.94. The zero-order valence-corrected chi connectivity index (χ0v) is 18.8. The first-order chi connectivity index (χ1) is 16.5. The number of amides is 1. The topological polar surface area (TPSA) is 66.8 Å². The van der Waals surface area contributed by atoms with Gasteiger partial charge >= 0.3 is 12.1 Å². The van der Waals surface area contributed by atoms with Crippen LogP contribution in [-0.2, 0) is 9.53 Å². The van der Waals surface area contributed by atoms with Gasteiger partial charge < -0.3 is 9.84 Å². The standard InChI is InChI=1S/C29H25NO4/c1-19(17-28(31)32)30(27-16-8-10-20-9-2-3-11-21(20)27)29(33)34-18-26-24-14-6-4-12-22(24)23-13-5-7-15-25(23)26/h2-16,19,26H,17-18H2,1H3,(H,31,32)/t19-/m1/s1. The van der Waals surface area contributed by atoms with Crippen LogP contribution in [0, 0.1) is 0 Å². The minimum Gasteiger partial charge on any atom is -0.481 e. The van der Waals surface area contributed by atoms with Crippen LogP contribution in [0.5, 0.6) is 0 Å². The van der Waals surface area contributed by atoms with E-state index in [2.05, 4.69) is 24.3 Å². The second kappa shape index (κ2) is 9.02. The summed E-state index contributed by atoms with van der Waals surface area (Å²) in [5.74, 6) is -1.04. The molecule has 0 saturated heterocycles. The molecule has 1 aliphatic carbocycles. The van der Waals surface area contributed by atoms with Crippen molar-refractivity contribution in [1.29, 1.82) is 0 Å². The molecule has 4 aromatic carbocycles. The molecule has 34 heavy (non-hydrogen) atoms. The van der Waals surface area contributed by atoms with Gasteiger partial charge in [0, 0.05) is 17.3 Å². The lowest BCUT2D eigenvalue weighted by molar-refractivity contribution is -0.137. The molecule has 1 N–H and O–H groups in total. The third-order valence-electron chi connectivity index (χ3n) is 6.47. The van der Waals surface area contributed by atoms with Crippen molar-refractivity contribution in [2.24, 2.45) is 0 Å². The SMILES string of the molecule is C[C@H](CC(=O)O)N(C(=O)OCC1c2ccccc2-c2ccccc21)c1cccc2ccccc12. The van der Waals surface area contributed by atoms with Crippen molar-refractivity contribution in [2.75, 3.05) is 11.5 Å². The van der Waals surface area contributed by atoms with E-state index in [0.29, 0.717) is 5.69 Å². The van der Waals surface area contributed by atoms with Crippen LogP contribution in [0.15, 0.2) is 91.0 Å². The van der Waals surface area contributed by atoms with Crippen LogP contribution in [0.3, 0.4) is 0 Å². The van der Waals surface area contributed by atoms with Gasteiger partial charge in [0.15, 0.2) is 0 Å². The van der Waals surface area contributed by atoms with Crippen molar-refractivity contribution in [3.05, 3.63) is 102 Å². The van der Waals surface area contributed by atoms with Crippen molar-refractivity contribution < 1.29 is 19.4 Å². The van der Waals surface area contributed by atoms with Gasteiger partial charge in [-0.25, -0.2) is 4.79 Å². The molecular formula is C29H25NO4. The molecule has 0 spiro atoms. The van der Waals surface area contributed by atoms with Crippen molar-refractivity contribution in [3.8, 4) is 11.1 Å². The summed E-state index contributed by atoms with van der Waals surface area (Å²) in [4.78, 5) is 26.5. The summed E-state index contributed by atoms with van der Waals surface area (Å²) in [6, 6.07) is 29.2. The average molecular weight is 452 g/mol. The smallest absolute Gasteiger partial charge is 0.414 e. The van der Waals surface area contributed by atoms with Crippen molar-refractivity contribution >= 4 is 28.5 Å². The first kappa shape index (κ1) is 21.7. The van der Waals surface area contributed by atoms with E-state index in [1.165, 1.54) is 4.90 Å². The largest absolute Gasteiger partial charge is 0.481 e. The number of aliphatic carboxylic acids is 1. The Balaban J connectivity index is 1.47. The van der Waals surface area contributed by atoms with Crippen LogP contribution in [0.2, 0.25) is 0 Å². The van der Waals surface area contributed by atoms with Gasteiger partial charge in [0.2, 0.25) is 0 Å². The summed E-state index contributed by atoms with van der Waals surface area (Å²) in [5, 5.41) is 11.3. The molecule has 1 amide bonds. The first-order valence-corrected chi connectivity index (χ1v) is 11.4. The van der Waals surface area contributed by atoms with Gasteiger partial charge in [0.25, 0.3) is 0 Å². The van der Waals surface area contributed by atoms with E-state index in [4.69, 9.17) is 4.74 Å². The number of benzene rings is 4. The van der Waals surface area contributed by atoms with Crippen LogP contribution in [0.25, 0.3) is 21.9 Å². The fourth-order valence-corrected chi connectivity index (χ4v) is 4.94. The fraction of sp³-hybridized carbons (Fsp3) is 0.172. The molecule has 0 fully saturated rings. The van der Waals surface area contributed by atoms with Crippen molar-refractivity contribution in [3.63, 3.8) is 0 Å². The minimum absolute atomic E-state index is 0.0690. The summed E-state index contributed by atoms with van der Waals surface area (Å²) in [6.07, 6.45) is -0.736. The number of nitrogens with zero attached hydrogens (tertiary/aromatic N) is 1. The zero-order valence-electron chi connectivity index (χ0n) is 18.8. The molecule has 0 bridgehead atoms. The molecule has 5 rings (SSSR count). The quantitative estimate of drug-likeness (QED) is 0.365. The van der Waals surface area contributed by atoms with E-state index in [-0.39, 0.29) is 18.9 Å². The summed E-state index contributed by atoms with van der Waals surface area (Å²) in [6.45, 7) is 1.91. The monoisotopic (exact) mass is 451 g/mol. The molecule has 170 valence electrons. The predicted molar refractivity (Wildman–Crippen MR) is 133 cm³/mol. The van der Waals surface area contributed by atoms with Gasteiger partial charge in [-0.3, -0.25) is 9.69 Å². The maximum atomic E-state index is 13.5. The number of carboxylic acids is 1. The molecule has 0 aliphatic heterocycles. The number of rotatable bonds is 6. The zero-order chi connectivity index (χ0) is 23.7. The van der Waals surface area contributed by atoms with Gasteiger partial charge in [0.05, 0.1) is 12.1 Å². The molecular weight excluding hydrogens is 426 g/mol. The Hall–Kier alpha value is -4.12. The lowest BCUT2D eigenvalue weighted by Gasteiger charge is -2.29. The number of carboxylic acid groups (broad SMARTS) is 1. The van der Waals surface area contributed by atoms with Gasteiger partial charge in [-0.05, 0) is 40.6 Å². The molecule has 1 atom stereocenters. The van der Waals surface area contributed by atoms with E-state index in [1.807, 2.05) is 66.7 Å². The van der Waals surface area contributed by atoms with Crippen LogP contribution in [-0.4, -0.2) is 29.8 Å². The van der Waals surface area contributed by atoms with Gasteiger partial charge in [-0.1, -0.05) is 84.9 Å². The lowest BCUT2D eigenvalue weighted by Crippen LogP contribution is -2.41. The Kier molecular flexibility index (Phi) is 5.76. The molecule has 0 heterocycles. The number of hydrogen-bond donors (Lipinski definition) is 1.